The van der Waals surface area contributed by atoms with Gasteiger partial charge in [-0.1, -0.05) is 189 Å². The first-order valence-corrected chi connectivity index (χ1v) is 19.5. The predicted octanol–water partition coefficient (Wildman–Crippen LogP) is 11.0. The molecule has 0 aliphatic carbocycles. The summed E-state index contributed by atoms with van der Waals surface area (Å²) < 4.78 is 0. The van der Waals surface area contributed by atoms with Crippen LogP contribution in [0.5, 0.6) is 0 Å². The number of hydrogen-bond acceptors (Lipinski definition) is 0. The average molecular weight is 681 g/mol. The minimum atomic E-state index is -0.508. The van der Waals surface area contributed by atoms with Gasteiger partial charge in [0.05, 0.1) is 0 Å². The van der Waals surface area contributed by atoms with Crippen LogP contribution in [0, 0.1) is 5.41 Å². The predicted molar refractivity (Wildman–Crippen MR) is 217 cm³/mol. The third-order valence-corrected chi connectivity index (χ3v) is 13.1. The molecule has 3 atom stereocenters. The fourth-order valence-electron chi connectivity index (χ4n) is 9.54. The topological polar surface area (TPSA) is 0 Å². The minimum absolute atomic E-state index is 0.487. The molecule has 0 saturated heterocycles. The van der Waals surface area contributed by atoms with Crippen LogP contribution >= 0.6 is 27.7 Å². The van der Waals surface area contributed by atoms with Crippen LogP contribution < -0.4 is 0 Å². The first-order valence-electron chi connectivity index (χ1n) is 17.1. The molecule has 0 aromatic heterocycles. The van der Waals surface area contributed by atoms with Crippen molar-refractivity contribution in [2.45, 2.75) is 29.6 Å². The molecule has 0 heterocycles. The van der Waals surface area contributed by atoms with Crippen molar-refractivity contribution in [3.8, 4) is 0 Å². The first-order chi connectivity index (χ1) is 23.6. The summed E-state index contributed by atoms with van der Waals surface area (Å²) in [5.41, 5.74) is 6.02. The summed E-state index contributed by atoms with van der Waals surface area (Å²) in [6.07, 6.45) is 3.37. The quantitative estimate of drug-likeness (QED) is 0.107. The molecule has 0 spiro atoms. The Morgan fingerprint density at radius 1 is 0.312 bits per heavy atom. The summed E-state index contributed by atoms with van der Waals surface area (Å²) in [4.78, 5) is 0. The van der Waals surface area contributed by atoms with Crippen molar-refractivity contribution in [1.82, 2.24) is 0 Å². The third kappa shape index (κ3) is 5.16. The Kier molecular flexibility index (Phi) is 10.8. The summed E-state index contributed by atoms with van der Waals surface area (Å²) in [5.74, 6) is 0. The smallest absolute Gasteiger partial charge is 0.0317 e. The molecule has 0 nitrogen and oxygen atoms in total. The van der Waals surface area contributed by atoms with Crippen LogP contribution in [0.4, 0.5) is 0 Å². The van der Waals surface area contributed by atoms with Crippen molar-refractivity contribution in [3.05, 3.63) is 215 Å². The molecule has 0 amide bonds. The fraction of sp³-hybridized carbons (Fsp3) is 0.200. The van der Waals surface area contributed by atoms with Crippen LogP contribution in [0.15, 0.2) is 182 Å². The van der Waals surface area contributed by atoms with Gasteiger partial charge in [-0.25, -0.2) is 0 Å². The molecule has 0 aliphatic heterocycles. The van der Waals surface area contributed by atoms with E-state index in [0.29, 0.717) is 0 Å². The maximum Gasteiger partial charge on any atom is 0.0317 e. The highest BCUT2D eigenvalue weighted by atomic mass is 31.0. The van der Waals surface area contributed by atoms with E-state index >= 15 is 0 Å². The van der Waals surface area contributed by atoms with Gasteiger partial charge in [0.1, 0.15) is 0 Å². The Bertz CT molecular complexity index is 1500. The molecule has 242 valence electrons. The van der Waals surface area contributed by atoms with Crippen LogP contribution in [-0.2, 0) is 16.2 Å². The third-order valence-electron chi connectivity index (χ3n) is 11.2. The van der Waals surface area contributed by atoms with Crippen LogP contribution in [-0.4, -0.2) is 18.5 Å². The van der Waals surface area contributed by atoms with E-state index in [1.165, 1.54) is 33.4 Å². The summed E-state index contributed by atoms with van der Waals surface area (Å²) in [5, 5.41) is 0. The van der Waals surface area contributed by atoms with Gasteiger partial charge in [0.2, 0.25) is 0 Å². The van der Waals surface area contributed by atoms with E-state index in [4.69, 9.17) is 0 Å². The zero-order chi connectivity index (χ0) is 33.5. The molecule has 0 N–H and O–H groups in total. The molecule has 6 aromatic rings. The summed E-state index contributed by atoms with van der Waals surface area (Å²) in [6, 6.07) is 68.3. The zero-order valence-corrected chi connectivity index (χ0v) is 31.3. The van der Waals surface area contributed by atoms with Gasteiger partial charge in [0, 0.05) is 21.7 Å². The van der Waals surface area contributed by atoms with Crippen LogP contribution in [0.3, 0.4) is 0 Å². The van der Waals surface area contributed by atoms with Gasteiger partial charge < -0.3 is 0 Å². The normalized spacial score (nSPS) is 12.5. The van der Waals surface area contributed by atoms with E-state index in [1.54, 1.807) is 0 Å². The maximum atomic E-state index is 3.28. The molecular weight excluding hydrogens is 633 g/mol. The van der Waals surface area contributed by atoms with Crippen LogP contribution in [0.25, 0.3) is 0 Å². The lowest BCUT2D eigenvalue weighted by Crippen LogP contribution is -2.70. The van der Waals surface area contributed by atoms with Crippen LogP contribution in [0.2, 0.25) is 0 Å². The highest BCUT2D eigenvalue weighted by Crippen LogP contribution is 2.72. The molecule has 6 rings (SSSR count). The maximum absolute atomic E-state index is 3.28. The van der Waals surface area contributed by atoms with Gasteiger partial charge in [0.15, 0.2) is 0 Å². The van der Waals surface area contributed by atoms with E-state index < -0.39 is 21.7 Å². The van der Waals surface area contributed by atoms with E-state index in [0.717, 1.165) is 24.9 Å². The van der Waals surface area contributed by atoms with E-state index in [-0.39, 0.29) is 0 Å². The molecule has 0 saturated carbocycles. The van der Waals surface area contributed by atoms with Crippen molar-refractivity contribution in [3.63, 3.8) is 0 Å². The SMILES string of the molecule is CCC(C(CP)(c1ccccc1)c1ccccc1)(C(CP)(c1ccccc1)c1ccccc1)C(CP)(c1ccccc1)c1ccccc1. The van der Waals surface area contributed by atoms with Gasteiger partial charge in [-0.15, -0.1) is 27.7 Å². The number of benzene rings is 6. The highest BCUT2D eigenvalue weighted by molar-refractivity contribution is 7.17. The molecule has 3 heteroatoms. The van der Waals surface area contributed by atoms with E-state index in [2.05, 4.69) is 217 Å². The molecule has 0 bridgehead atoms. The van der Waals surface area contributed by atoms with Gasteiger partial charge in [0.25, 0.3) is 0 Å². The largest absolute Gasteiger partial charge is 0.136 e. The first kappa shape index (κ1) is 34.5. The average Bonchev–Trinajstić information content (AvgIpc) is 3.18. The lowest BCUT2D eigenvalue weighted by molar-refractivity contribution is 0.00638. The molecule has 48 heavy (non-hydrogen) atoms. The summed E-state index contributed by atoms with van der Waals surface area (Å²) >= 11 is 0. The minimum Gasteiger partial charge on any atom is -0.136 e. The van der Waals surface area contributed by atoms with Gasteiger partial charge in [-0.05, 0) is 58.3 Å². The van der Waals surface area contributed by atoms with Crippen molar-refractivity contribution >= 4 is 27.7 Å². The Balaban J connectivity index is 2.00. The van der Waals surface area contributed by atoms with Gasteiger partial charge in [-0.3, -0.25) is 0 Å². The zero-order valence-electron chi connectivity index (χ0n) is 27.9. The Labute approximate surface area is 295 Å². The molecule has 0 fully saturated rings. The molecule has 0 aliphatic rings. The van der Waals surface area contributed by atoms with E-state index in [9.17, 15) is 0 Å². The summed E-state index contributed by atoms with van der Waals surface area (Å²) in [7, 11) is 9.84. The lowest BCUT2D eigenvalue weighted by atomic mass is 9.34. The number of rotatable bonds is 13. The number of hydrogen-bond donors (Lipinski definition) is 0. The van der Waals surface area contributed by atoms with Crippen molar-refractivity contribution in [1.29, 1.82) is 0 Å². The van der Waals surface area contributed by atoms with Crippen molar-refractivity contribution in [2.75, 3.05) is 18.5 Å². The van der Waals surface area contributed by atoms with Crippen LogP contribution in [0.1, 0.15) is 46.7 Å². The van der Waals surface area contributed by atoms with Gasteiger partial charge >= 0.3 is 0 Å². The van der Waals surface area contributed by atoms with Crippen molar-refractivity contribution < 1.29 is 0 Å². The summed E-state index contributed by atoms with van der Waals surface area (Å²) in [6.45, 7) is 2.46. The fourth-order valence-corrected chi connectivity index (χ4v) is 12.0. The Morgan fingerprint density at radius 3 is 0.604 bits per heavy atom. The monoisotopic (exact) mass is 680 g/mol. The molecule has 3 unspecified atom stereocenters. The standard InChI is InChI=1S/C45H47P3/c1-2-45(42(33-46,36-21-9-3-10-22-36)37-23-11-4-12-24-37,43(34-47,38-25-13-5-14-26-38)39-27-15-6-16-28-39)44(35-48,40-29-17-7-18-30-40)41-31-19-8-20-32-41/h3-32H,2,33-35,46-48H2,1H3. The van der Waals surface area contributed by atoms with E-state index in [1.807, 2.05) is 0 Å². The second-order valence-corrected chi connectivity index (χ2v) is 14.0. The highest BCUT2D eigenvalue weighted by Gasteiger charge is 2.71. The molecule has 6 aromatic carbocycles. The van der Waals surface area contributed by atoms with Crippen molar-refractivity contribution in [2.24, 2.45) is 5.41 Å². The lowest BCUT2D eigenvalue weighted by Gasteiger charge is -2.69. The molecular formula is C45H47P3. The Hall–Kier alpha value is -3.39. The molecule has 0 radical (unpaired) electrons. The second kappa shape index (κ2) is 15.0. The second-order valence-electron chi connectivity index (χ2n) is 12.8. The van der Waals surface area contributed by atoms with Gasteiger partial charge in [-0.2, -0.15) is 0 Å². The Morgan fingerprint density at radius 2 is 0.479 bits per heavy atom.